The van der Waals surface area contributed by atoms with E-state index in [4.69, 9.17) is 0 Å². The van der Waals surface area contributed by atoms with E-state index in [0.717, 1.165) is 6.54 Å². The summed E-state index contributed by atoms with van der Waals surface area (Å²) in [6.07, 6.45) is -4.13. The van der Waals surface area contributed by atoms with Gasteiger partial charge in [0.15, 0.2) is 0 Å². The fourth-order valence-corrected chi connectivity index (χ4v) is 1.75. The second kappa shape index (κ2) is 7.21. The summed E-state index contributed by atoms with van der Waals surface area (Å²) >= 11 is 0. The van der Waals surface area contributed by atoms with Crippen LogP contribution in [0, 0.1) is 5.92 Å². The molecular weight excluding hydrogens is 229 g/mol. The van der Waals surface area contributed by atoms with Gasteiger partial charge in [-0.25, -0.2) is 0 Å². The minimum absolute atomic E-state index is 0.104. The largest absolute Gasteiger partial charge is 0.401 e. The van der Waals surface area contributed by atoms with Crippen LogP contribution in [0.4, 0.5) is 13.2 Å². The molecule has 1 N–H and O–H groups in total. The zero-order chi connectivity index (χ0) is 13.6. The lowest BCUT2D eigenvalue weighted by molar-refractivity contribution is -0.154. The molecule has 0 rings (SSSR count). The Morgan fingerprint density at radius 2 is 1.53 bits per heavy atom. The Labute approximate surface area is 103 Å². The van der Waals surface area contributed by atoms with E-state index in [9.17, 15) is 13.2 Å². The van der Waals surface area contributed by atoms with Gasteiger partial charge in [0.2, 0.25) is 0 Å². The van der Waals surface area contributed by atoms with E-state index in [1.165, 1.54) is 4.90 Å². The predicted octanol–water partition coefficient (Wildman–Crippen LogP) is 2.89. The van der Waals surface area contributed by atoms with Gasteiger partial charge in [0.25, 0.3) is 0 Å². The number of nitrogens with zero attached hydrogens (tertiary/aromatic N) is 1. The highest BCUT2D eigenvalue weighted by Crippen LogP contribution is 2.19. The Hall–Kier alpha value is -0.290. The third-order valence-electron chi connectivity index (χ3n) is 2.58. The molecular formula is C12H25F3N2. The minimum atomic E-state index is -4.13. The van der Waals surface area contributed by atoms with Gasteiger partial charge in [0.1, 0.15) is 0 Å². The van der Waals surface area contributed by atoms with E-state index in [1.54, 1.807) is 13.8 Å². The van der Waals surface area contributed by atoms with Gasteiger partial charge in [-0.2, -0.15) is 13.2 Å². The van der Waals surface area contributed by atoms with Gasteiger partial charge in [-0.05, 0) is 33.2 Å². The van der Waals surface area contributed by atoms with E-state index in [1.807, 2.05) is 6.92 Å². The van der Waals surface area contributed by atoms with Crippen LogP contribution < -0.4 is 5.32 Å². The standard InChI is InChI=1S/C12H25F3N2/c1-9(2)6-16-7-11(5)17(10(3)4)8-12(13,14)15/h9-11,16H,6-8H2,1-5H3. The van der Waals surface area contributed by atoms with Gasteiger partial charge in [-0.15, -0.1) is 0 Å². The quantitative estimate of drug-likeness (QED) is 0.751. The van der Waals surface area contributed by atoms with Crippen LogP contribution in [0.1, 0.15) is 34.6 Å². The number of hydrogen-bond donors (Lipinski definition) is 1. The van der Waals surface area contributed by atoms with Crippen LogP contribution in [-0.4, -0.2) is 42.8 Å². The first-order valence-electron chi connectivity index (χ1n) is 6.16. The summed E-state index contributed by atoms with van der Waals surface area (Å²) in [5, 5.41) is 3.20. The van der Waals surface area contributed by atoms with Crippen LogP contribution in [0.25, 0.3) is 0 Å². The molecule has 0 aromatic rings. The molecule has 0 saturated carbocycles. The molecule has 5 heteroatoms. The average Bonchev–Trinajstić information content (AvgIpc) is 2.11. The molecule has 1 atom stereocenters. The number of nitrogens with one attached hydrogen (secondary N) is 1. The summed E-state index contributed by atoms with van der Waals surface area (Å²) in [5.41, 5.74) is 0. The molecule has 0 amide bonds. The third kappa shape index (κ3) is 8.44. The van der Waals surface area contributed by atoms with Crippen molar-refractivity contribution in [3.8, 4) is 0 Å². The molecule has 0 heterocycles. The van der Waals surface area contributed by atoms with Gasteiger partial charge in [0.05, 0.1) is 6.54 Å². The van der Waals surface area contributed by atoms with Gasteiger partial charge in [-0.1, -0.05) is 13.8 Å². The highest BCUT2D eigenvalue weighted by molar-refractivity contribution is 4.75. The van der Waals surface area contributed by atoms with Crippen LogP contribution in [-0.2, 0) is 0 Å². The topological polar surface area (TPSA) is 15.3 Å². The third-order valence-corrected chi connectivity index (χ3v) is 2.58. The Balaban J connectivity index is 4.21. The highest BCUT2D eigenvalue weighted by Gasteiger charge is 2.33. The molecule has 104 valence electrons. The van der Waals surface area contributed by atoms with Gasteiger partial charge in [0, 0.05) is 18.6 Å². The minimum Gasteiger partial charge on any atom is -0.315 e. The molecule has 17 heavy (non-hydrogen) atoms. The molecule has 0 aliphatic heterocycles. The maximum atomic E-state index is 12.4. The smallest absolute Gasteiger partial charge is 0.315 e. The number of hydrogen-bond acceptors (Lipinski definition) is 2. The zero-order valence-corrected chi connectivity index (χ0v) is 11.4. The normalized spacial score (nSPS) is 15.0. The first-order chi connectivity index (χ1) is 7.63. The van der Waals surface area contributed by atoms with Crippen molar-refractivity contribution in [2.75, 3.05) is 19.6 Å². The Bertz CT molecular complexity index is 202. The zero-order valence-electron chi connectivity index (χ0n) is 11.4. The average molecular weight is 254 g/mol. The molecule has 0 aliphatic carbocycles. The van der Waals surface area contributed by atoms with Crippen LogP contribution in [0.2, 0.25) is 0 Å². The summed E-state index contributed by atoms with van der Waals surface area (Å²) < 4.78 is 37.2. The molecule has 2 nitrogen and oxygen atoms in total. The molecule has 0 aromatic heterocycles. The predicted molar refractivity (Wildman–Crippen MR) is 65.1 cm³/mol. The molecule has 0 spiro atoms. The molecule has 0 saturated heterocycles. The van der Waals surface area contributed by atoms with Crippen molar-refractivity contribution in [2.24, 2.45) is 5.92 Å². The summed E-state index contributed by atoms with van der Waals surface area (Å²) in [7, 11) is 0. The van der Waals surface area contributed by atoms with E-state index in [2.05, 4.69) is 19.2 Å². The van der Waals surface area contributed by atoms with E-state index in [0.29, 0.717) is 12.5 Å². The van der Waals surface area contributed by atoms with Crippen molar-refractivity contribution < 1.29 is 13.2 Å². The van der Waals surface area contributed by atoms with Crippen LogP contribution in [0.15, 0.2) is 0 Å². The number of halogens is 3. The lowest BCUT2D eigenvalue weighted by atomic mass is 10.2. The van der Waals surface area contributed by atoms with Crippen LogP contribution in [0.5, 0.6) is 0 Å². The van der Waals surface area contributed by atoms with Crippen molar-refractivity contribution in [1.29, 1.82) is 0 Å². The van der Waals surface area contributed by atoms with Crippen LogP contribution in [0.3, 0.4) is 0 Å². The van der Waals surface area contributed by atoms with Gasteiger partial charge < -0.3 is 5.32 Å². The second-order valence-electron chi connectivity index (χ2n) is 5.28. The van der Waals surface area contributed by atoms with Crippen molar-refractivity contribution in [2.45, 2.75) is 52.9 Å². The maximum Gasteiger partial charge on any atom is 0.401 e. The Morgan fingerprint density at radius 1 is 1.00 bits per heavy atom. The number of alkyl halides is 3. The molecule has 0 fully saturated rings. The first kappa shape index (κ1) is 16.7. The van der Waals surface area contributed by atoms with E-state index in [-0.39, 0.29) is 12.1 Å². The fourth-order valence-electron chi connectivity index (χ4n) is 1.75. The van der Waals surface area contributed by atoms with Crippen molar-refractivity contribution in [1.82, 2.24) is 10.2 Å². The lowest BCUT2D eigenvalue weighted by Gasteiger charge is -2.33. The maximum absolute atomic E-state index is 12.4. The first-order valence-corrected chi connectivity index (χ1v) is 6.16. The molecule has 0 aliphatic rings. The number of rotatable bonds is 7. The molecule has 0 bridgehead atoms. The van der Waals surface area contributed by atoms with E-state index < -0.39 is 12.7 Å². The highest BCUT2D eigenvalue weighted by atomic mass is 19.4. The van der Waals surface area contributed by atoms with Crippen molar-refractivity contribution in [3.63, 3.8) is 0 Å². The SMILES string of the molecule is CC(C)CNCC(C)N(CC(F)(F)F)C(C)C. The lowest BCUT2D eigenvalue weighted by Crippen LogP contribution is -2.48. The molecule has 1 unspecified atom stereocenters. The monoisotopic (exact) mass is 254 g/mol. The van der Waals surface area contributed by atoms with Gasteiger partial charge >= 0.3 is 6.18 Å². The van der Waals surface area contributed by atoms with Crippen molar-refractivity contribution >= 4 is 0 Å². The molecule has 0 radical (unpaired) electrons. The fraction of sp³-hybridized carbons (Fsp3) is 1.00. The van der Waals surface area contributed by atoms with Crippen LogP contribution >= 0.6 is 0 Å². The summed E-state index contributed by atoms with van der Waals surface area (Å²) in [5.74, 6) is 0.511. The molecule has 0 aromatic carbocycles. The second-order valence-corrected chi connectivity index (χ2v) is 5.28. The van der Waals surface area contributed by atoms with Crippen molar-refractivity contribution in [3.05, 3.63) is 0 Å². The van der Waals surface area contributed by atoms with Gasteiger partial charge in [-0.3, -0.25) is 4.90 Å². The summed E-state index contributed by atoms with van der Waals surface area (Å²) in [6, 6.07) is -0.220. The Kier molecular flexibility index (Phi) is 7.09. The summed E-state index contributed by atoms with van der Waals surface area (Å²) in [4.78, 5) is 1.48. The Morgan fingerprint density at radius 3 is 1.88 bits per heavy atom. The van der Waals surface area contributed by atoms with E-state index >= 15 is 0 Å². The summed E-state index contributed by atoms with van der Waals surface area (Å²) in [6.45, 7) is 10.2.